The van der Waals surface area contributed by atoms with Gasteiger partial charge in [0.2, 0.25) is 15.9 Å². The molecule has 1 aliphatic rings. The number of sulfonamides is 1. The van der Waals surface area contributed by atoms with Crippen LogP contribution in [0, 0.1) is 5.92 Å². The van der Waals surface area contributed by atoms with E-state index in [9.17, 15) is 18.0 Å². The van der Waals surface area contributed by atoms with E-state index in [-0.39, 0.29) is 35.4 Å². The Hall–Kier alpha value is -3.49. The number of rotatable bonds is 7. The van der Waals surface area contributed by atoms with Crippen molar-refractivity contribution in [3.05, 3.63) is 95.6 Å². The Bertz CT molecular complexity index is 1300. The number of methoxy groups -OCH3 is 1. The van der Waals surface area contributed by atoms with Crippen molar-refractivity contribution in [3.8, 4) is 0 Å². The average Bonchev–Trinajstić information content (AvgIpc) is 2.90. The highest BCUT2D eigenvalue weighted by molar-refractivity contribution is 7.89. The smallest absolute Gasteiger partial charge is 0.339 e. The van der Waals surface area contributed by atoms with Crippen LogP contribution in [-0.2, 0) is 26.0 Å². The number of ether oxygens (including phenoxy) is 1. The molecule has 0 bridgehead atoms. The minimum absolute atomic E-state index is 0.00453. The Balaban J connectivity index is 1.42. The van der Waals surface area contributed by atoms with Crippen LogP contribution in [-0.4, -0.2) is 44.8 Å². The van der Waals surface area contributed by atoms with Crippen LogP contribution in [0.15, 0.2) is 83.8 Å². The summed E-state index contributed by atoms with van der Waals surface area (Å²) in [6.07, 6.45) is 1.49. The number of benzene rings is 3. The summed E-state index contributed by atoms with van der Waals surface area (Å²) in [5.74, 6) is -1.12. The molecule has 1 amide bonds. The molecule has 0 unspecified atom stereocenters. The molecule has 8 heteroatoms. The molecule has 0 aliphatic carbocycles. The summed E-state index contributed by atoms with van der Waals surface area (Å²) in [7, 11) is -2.68. The zero-order chi connectivity index (χ0) is 24.8. The Morgan fingerprint density at radius 3 is 2.26 bits per heavy atom. The molecule has 3 aromatic rings. The number of carbonyl (C=O) groups excluding carboxylic acids is 2. The number of amides is 1. The lowest BCUT2D eigenvalue weighted by atomic mass is 9.96. The molecule has 0 radical (unpaired) electrons. The monoisotopic (exact) mass is 492 g/mol. The van der Waals surface area contributed by atoms with Crippen molar-refractivity contribution in [1.82, 2.24) is 4.31 Å². The minimum atomic E-state index is -3.90. The highest BCUT2D eigenvalue weighted by Gasteiger charge is 2.34. The highest BCUT2D eigenvalue weighted by Crippen LogP contribution is 2.28. The van der Waals surface area contributed by atoms with Crippen molar-refractivity contribution < 1.29 is 22.7 Å². The van der Waals surface area contributed by atoms with Crippen molar-refractivity contribution in [3.63, 3.8) is 0 Å². The lowest BCUT2D eigenvalue weighted by molar-refractivity contribution is -0.120. The van der Waals surface area contributed by atoms with Gasteiger partial charge in [0.15, 0.2) is 0 Å². The third-order valence-electron chi connectivity index (χ3n) is 6.25. The molecule has 0 saturated carbocycles. The summed E-state index contributed by atoms with van der Waals surface area (Å²) in [5, 5.41) is 3.05. The van der Waals surface area contributed by atoms with Gasteiger partial charge in [-0.05, 0) is 48.6 Å². The van der Waals surface area contributed by atoms with Gasteiger partial charge in [0.1, 0.15) is 0 Å². The Labute approximate surface area is 205 Å². The molecule has 182 valence electrons. The van der Waals surface area contributed by atoms with Crippen LogP contribution in [0.25, 0.3) is 0 Å². The fourth-order valence-corrected chi connectivity index (χ4v) is 5.96. The number of hydrogen-bond donors (Lipinski definition) is 1. The number of nitrogens with zero attached hydrogens (tertiary/aromatic N) is 1. The Morgan fingerprint density at radius 2 is 1.54 bits per heavy atom. The van der Waals surface area contributed by atoms with E-state index in [1.165, 1.54) is 23.5 Å². The molecule has 1 saturated heterocycles. The molecular formula is C27H28N2O5S. The molecule has 4 rings (SSSR count). The number of nitrogens with one attached hydrogen (secondary N) is 1. The first-order chi connectivity index (χ1) is 16.9. The third-order valence-corrected chi connectivity index (χ3v) is 8.20. The van der Waals surface area contributed by atoms with Gasteiger partial charge in [-0.25, -0.2) is 13.2 Å². The molecule has 1 heterocycles. The number of anilines is 1. The second kappa shape index (κ2) is 10.8. The summed E-state index contributed by atoms with van der Waals surface area (Å²) >= 11 is 0. The largest absolute Gasteiger partial charge is 0.465 e. The average molecular weight is 493 g/mol. The van der Waals surface area contributed by atoms with E-state index in [2.05, 4.69) is 5.32 Å². The summed E-state index contributed by atoms with van der Waals surface area (Å²) < 4.78 is 32.5. The summed E-state index contributed by atoms with van der Waals surface area (Å²) in [4.78, 5) is 25.0. The first-order valence-corrected chi connectivity index (χ1v) is 12.9. The van der Waals surface area contributed by atoms with Crippen LogP contribution in [0.3, 0.4) is 0 Å². The van der Waals surface area contributed by atoms with E-state index < -0.39 is 16.0 Å². The topological polar surface area (TPSA) is 92.8 Å². The molecule has 1 aliphatic heterocycles. The number of piperidine rings is 1. The molecule has 0 spiro atoms. The van der Waals surface area contributed by atoms with Gasteiger partial charge in [-0.1, -0.05) is 60.7 Å². The quantitative estimate of drug-likeness (QED) is 0.501. The van der Waals surface area contributed by atoms with Gasteiger partial charge in [0, 0.05) is 24.7 Å². The highest BCUT2D eigenvalue weighted by atomic mass is 32.2. The number of hydrogen-bond acceptors (Lipinski definition) is 5. The molecule has 0 atom stereocenters. The number of carbonyl (C=O) groups is 2. The normalized spacial score (nSPS) is 14.9. The molecule has 35 heavy (non-hydrogen) atoms. The van der Waals surface area contributed by atoms with Gasteiger partial charge in [-0.2, -0.15) is 4.31 Å². The van der Waals surface area contributed by atoms with E-state index >= 15 is 0 Å². The minimum Gasteiger partial charge on any atom is -0.465 e. The fraction of sp³-hybridized carbons (Fsp3) is 0.259. The third kappa shape index (κ3) is 5.61. The standard InChI is InChI=1S/C27H28N2O5S/c1-34-27(31)23-12-6-8-14-25(23)35(32,33)29-17-15-21(16-18-29)26(30)28-24-13-7-5-11-22(24)19-20-9-3-2-4-10-20/h2-14,21H,15-19H2,1H3,(H,28,30). The fourth-order valence-electron chi connectivity index (χ4n) is 4.31. The maximum absolute atomic E-state index is 13.2. The molecule has 0 aromatic heterocycles. The second-order valence-corrected chi connectivity index (χ2v) is 10.4. The maximum atomic E-state index is 13.2. The van der Waals surface area contributed by atoms with Gasteiger partial charge >= 0.3 is 5.97 Å². The van der Waals surface area contributed by atoms with Crippen molar-refractivity contribution in [2.75, 3.05) is 25.5 Å². The van der Waals surface area contributed by atoms with Gasteiger partial charge in [0.25, 0.3) is 0 Å². The van der Waals surface area contributed by atoms with E-state index in [0.717, 1.165) is 16.8 Å². The van der Waals surface area contributed by atoms with Gasteiger partial charge < -0.3 is 10.1 Å². The van der Waals surface area contributed by atoms with Crippen LogP contribution < -0.4 is 5.32 Å². The molecule has 3 aromatic carbocycles. The van der Waals surface area contributed by atoms with E-state index in [4.69, 9.17) is 4.74 Å². The lowest BCUT2D eigenvalue weighted by Crippen LogP contribution is -2.41. The predicted molar refractivity (Wildman–Crippen MR) is 134 cm³/mol. The van der Waals surface area contributed by atoms with E-state index in [1.807, 2.05) is 54.6 Å². The predicted octanol–water partition coefficient (Wildman–Crippen LogP) is 4.10. The Morgan fingerprint density at radius 1 is 0.914 bits per heavy atom. The van der Waals surface area contributed by atoms with Crippen molar-refractivity contribution in [2.24, 2.45) is 5.92 Å². The van der Waals surface area contributed by atoms with Crippen LogP contribution in [0.5, 0.6) is 0 Å². The first kappa shape index (κ1) is 24.6. The first-order valence-electron chi connectivity index (χ1n) is 11.5. The van der Waals surface area contributed by atoms with E-state index in [1.54, 1.807) is 12.1 Å². The van der Waals surface area contributed by atoms with Gasteiger partial charge in [-0.15, -0.1) is 0 Å². The SMILES string of the molecule is COC(=O)c1ccccc1S(=O)(=O)N1CCC(C(=O)Nc2ccccc2Cc2ccccc2)CC1. The van der Waals surface area contributed by atoms with Crippen LogP contribution in [0.4, 0.5) is 5.69 Å². The molecular weight excluding hydrogens is 464 g/mol. The van der Waals surface area contributed by atoms with Crippen LogP contribution >= 0.6 is 0 Å². The zero-order valence-electron chi connectivity index (χ0n) is 19.5. The lowest BCUT2D eigenvalue weighted by Gasteiger charge is -2.31. The summed E-state index contributed by atoms with van der Waals surface area (Å²) in [6, 6.07) is 23.8. The van der Waals surface area contributed by atoms with Crippen LogP contribution in [0.2, 0.25) is 0 Å². The van der Waals surface area contributed by atoms with Crippen LogP contribution in [0.1, 0.15) is 34.3 Å². The number of esters is 1. The second-order valence-electron chi connectivity index (χ2n) is 8.47. The number of para-hydroxylation sites is 1. The van der Waals surface area contributed by atoms with Crippen molar-refractivity contribution in [2.45, 2.75) is 24.2 Å². The summed E-state index contributed by atoms with van der Waals surface area (Å²) in [6.45, 7) is 0.392. The summed E-state index contributed by atoms with van der Waals surface area (Å²) in [5.41, 5.74) is 2.94. The van der Waals surface area contributed by atoms with E-state index in [0.29, 0.717) is 19.3 Å². The molecule has 1 fully saturated rings. The molecule has 1 N–H and O–H groups in total. The van der Waals surface area contributed by atoms with Gasteiger partial charge in [-0.3, -0.25) is 4.79 Å². The van der Waals surface area contributed by atoms with Gasteiger partial charge in [0.05, 0.1) is 17.6 Å². The molecule has 7 nitrogen and oxygen atoms in total. The van der Waals surface area contributed by atoms with Crippen molar-refractivity contribution in [1.29, 1.82) is 0 Å². The Kier molecular flexibility index (Phi) is 7.63. The van der Waals surface area contributed by atoms with Crippen molar-refractivity contribution >= 4 is 27.6 Å². The zero-order valence-corrected chi connectivity index (χ0v) is 20.3. The maximum Gasteiger partial charge on any atom is 0.339 e.